The number of hydrogen-bond acceptors (Lipinski definition) is 4. The Hall–Kier alpha value is -1.95. The van der Waals surface area contributed by atoms with E-state index in [4.69, 9.17) is 9.47 Å². The molecular weight excluding hydrogens is 316 g/mol. The standard InChI is InChI=1S/C19H34N4O2/c1-7-20-19(21-11-12-23(5)15(2)3)22-14-16(4)25-18-10-8-9-17(13-18)24-6/h8-10,13,15-16H,7,11-12,14H2,1-6H3,(H2,20,21,22). The Labute approximate surface area is 152 Å². The lowest BCUT2D eigenvalue weighted by Gasteiger charge is -2.22. The zero-order chi connectivity index (χ0) is 18.7. The van der Waals surface area contributed by atoms with Gasteiger partial charge in [0.15, 0.2) is 5.96 Å². The lowest BCUT2D eigenvalue weighted by Crippen LogP contribution is -2.42. The predicted molar refractivity (Wildman–Crippen MR) is 105 cm³/mol. The van der Waals surface area contributed by atoms with Gasteiger partial charge < -0.3 is 25.0 Å². The SMILES string of the molecule is CCNC(=NCC(C)Oc1cccc(OC)c1)NCCN(C)C(C)C. The van der Waals surface area contributed by atoms with Crippen molar-refractivity contribution in [3.8, 4) is 11.5 Å². The molecule has 0 aliphatic rings. The summed E-state index contributed by atoms with van der Waals surface area (Å²) >= 11 is 0. The van der Waals surface area contributed by atoms with E-state index in [0.29, 0.717) is 12.6 Å². The fourth-order valence-electron chi connectivity index (χ4n) is 2.11. The number of likely N-dealkylation sites (N-methyl/N-ethyl adjacent to an activating group) is 1. The van der Waals surface area contributed by atoms with E-state index in [1.165, 1.54) is 0 Å². The minimum absolute atomic E-state index is 0.0269. The minimum Gasteiger partial charge on any atom is -0.497 e. The van der Waals surface area contributed by atoms with Crippen LogP contribution in [0, 0.1) is 0 Å². The van der Waals surface area contributed by atoms with Gasteiger partial charge in [-0.05, 0) is 46.9 Å². The van der Waals surface area contributed by atoms with Crippen molar-refractivity contribution in [2.75, 3.05) is 40.3 Å². The molecule has 6 nitrogen and oxygen atoms in total. The first-order valence-corrected chi connectivity index (χ1v) is 8.99. The average molecular weight is 351 g/mol. The number of nitrogens with one attached hydrogen (secondary N) is 2. The zero-order valence-corrected chi connectivity index (χ0v) is 16.5. The van der Waals surface area contributed by atoms with Crippen molar-refractivity contribution in [2.45, 2.75) is 39.8 Å². The predicted octanol–water partition coefficient (Wildman–Crippen LogP) is 2.36. The van der Waals surface area contributed by atoms with Gasteiger partial charge in [0.05, 0.1) is 13.7 Å². The van der Waals surface area contributed by atoms with Crippen molar-refractivity contribution in [3.63, 3.8) is 0 Å². The maximum atomic E-state index is 5.91. The van der Waals surface area contributed by atoms with Gasteiger partial charge in [0.2, 0.25) is 0 Å². The van der Waals surface area contributed by atoms with E-state index in [0.717, 1.165) is 37.1 Å². The summed E-state index contributed by atoms with van der Waals surface area (Å²) in [4.78, 5) is 6.91. The van der Waals surface area contributed by atoms with Gasteiger partial charge in [-0.25, -0.2) is 4.99 Å². The number of guanidine groups is 1. The number of ether oxygens (including phenoxy) is 2. The van der Waals surface area contributed by atoms with Gasteiger partial charge in [0, 0.05) is 31.7 Å². The third kappa shape index (κ3) is 8.63. The molecule has 1 aromatic carbocycles. The van der Waals surface area contributed by atoms with Crippen LogP contribution in [-0.4, -0.2) is 63.3 Å². The zero-order valence-electron chi connectivity index (χ0n) is 16.5. The van der Waals surface area contributed by atoms with Crippen LogP contribution in [0.15, 0.2) is 29.3 Å². The molecule has 142 valence electrons. The molecule has 0 aliphatic carbocycles. The lowest BCUT2D eigenvalue weighted by atomic mass is 10.3. The number of hydrogen-bond donors (Lipinski definition) is 2. The highest BCUT2D eigenvalue weighted by molar-refractivity contribution is 5.79. The highest BCUT2D eigenvalue weighted by Crippen LogP contribution is 2.19. The Morgan fingerprint density at radius 3 is 2.56 bits per heavy atom. The quantitative estimate of drug-likeness (QED) is 0.501. The highest BCUT2D eigenvalue weighted by atomic mass is 16.5. The second-order valence-electron chi connectivity index (χ2n) is 6.33. The third-order valence-electron chi connectivity index (χ3n) is 3.87. The van der Waals surface area contributed by atoms with E-state index < -0.39 is 0 Å². The molecule has 0 radical (unpaired) electrons. The first-order chi connectivity index (χ1) is 12.0. The Kier molecular flexibility index (Phi) is 9.77. The van der Waals surface area contributed by atoms with Crippen molar-refractivity contribution in [1.29, 1.82) is 0 Å². The topological polar surface area (TPSA) is 58.1 Å². The first kappa shape index (κ1) is 21.1. The van der Waals surface area contributed by atoms with Gasteiger partial charge in [0.25, 0.3) is 0 Å². The molecule has 0 saturated carbocycles. The molecule has 1 atom stereocenters. The van der Waals surface area contributed by atoms with Crippen molar-refractivity contribution >= 4 is 5.96 Å². The van der Waals surface area contributed by atoms with Gasteiger partial charge >= 0.3 is 0 Å². The molecule has 25 heavy (non-hydrogen) atoms. The van der Waals surface area contributed by atoms with Crippen LogP contribution in [0.2, 0.25) is 0 Å². The Morgan fingerprint density at radius 2 is 1.92 bits per heavy atom. The molecule has 0 amide bonds. The summed E-state index contributed by atoms with van der Waals surface area (Å²) in [5.41, 5.74) is 0. The number of rotatable bonds is 10. The normalized spacial score (nSPS) is 13.0. The maximum Gasteiger partial charge on any atom is 0.191 e. The van der Waals surface area contributed by atoms with Crippen molar-refractivity contribution in [1.82, 2.24) is 15.5 Å². The second kappa shape index (κ2) is 11.6. The smallest absolute Gasteiger partial charge is 0.191 e. The van der Waals surface area contributed by atoms with Gasteiger partial charge in [-0.15, -0.1) is 0 Å². The molecule has 0 saturated heterocycles. The van der Waals surface area contributed by atoms with E-state index >= 15 is 0 Å². The van der Waals surface area contributed by atoms with Gasteiger partial charge in [-0.1, -0.05) is 6.07 Å². The van der Waals surface area contributed by atoms with Crippen LogP contribution in [0.1, 0.15) is 27.7 Å². The van der Waals surface area contributed by atoms with Crippen LogP contribution in [0.4, 0.5) is 0 Å². The fourth-order valence-corrected chi connectivity index (χ4v) is 2.11. The number of nitrogens with zero attached hydrogens (tertiary/aromatic N) is 2. The molecule has 0 bridgehead atoms. The van der Waals surface area contributed by atoms with E-state index in [1.54, 1.807) is 7.11 Å². The minimum atomic E-state index is -0.0269. The first-order valence-electron chi connectivity index (χ1n) is 8.99. The van der Waals surface area contributed by atoms with Crippen molar-refractivity contribution in [3.05, 3.63) is 24.3 Å². The van der Waals surface area contributed by atoms with Crippen molar-refractivity contribution in [2.24, 2.45) is 4.99 Å². The van der Waals surface area contributed by atoms with Crippen LogP contribution < -0.4 is 20.1 Å². The molecule has 0 spiro atoms. The van der Waals surface area contributed by atoms with E-state index in [1.807, 2.05) is 31.2 Å². The largest absolute Gasteiger partial charge is 0.497 e. The van der Waals surface area contributed by atoms with E-state index in [2.05, 4.69) is 48.3 Å². The lowest BCUT2D eigenvalue weighted by molar-refractivity contribution is 0.229. The molecule has 0 aliphatic heterocycles. The van der Waals surface area contributed by atoms with Crippen LogP contribution in [0.3, 0.4) is 0 Å². The molecule has 1 rings (SSSR count). The fraction of sp³-hybridized carbons (Fsp3) is 0.632. The molecular formula is C19H34N4O2. The monoisotopic (exact) mass is 350 g/mol. The number of methoxy groups -OCH3 is 1. The summed E-state index contributed by atoms with van der Waals surface area (Å²) in [7, 11) is 3.78. The molecule has 0 aromatic heterocycles. The number of aliphatic imine (C=N–C) groups is 1. The summed E-state index contributed by atoms with van der Waals surface area (Å²) in [5, 5.41) is 6.63. The molecule has 1 unspecified atom stereocenters. The summed E-state index contributed by atoms with van der Waals surface area (Å²) in [6.07, 6.45) is -0.0269. The van der Waals surface area contributed by atoms with Crippen LogP contribution in [-0.2, 0) is 0 Å². The summed E-state index contributed by atoms with van der Waals surface area (Å²) in [6, 6.07) is 8.16. The van der Waals surface area contributed by atoms with E-state index in [-0.39, 0.29) is 6.10 Å². The maximum absolute atomic E-state index is 5.91. The average Bonchev–Trinajstić information content (AvgIpc) is 2.59. The molecule has 2 N–H and O–H groups in total. The molecule has 6 heteroatoms. The van der Waals surface area contributed by atoms with Crippen molar-refractivity contribution < 1.29 is 9.47 Å². The number of benzene rings is 1. The van der Waals surface area contributed by atoms with Crippen LogP contribution in [0.5, 0.6) is 11.5 Å². The highest BCUT2D eigenvalue weighted by Gasteiger charge is 2.06. The Morgan fingerprint density at radius 1 is 1.20 bits per heavy atom. The summed E-state index contributed by atoms with van der Waals surface area (Å²) in [5.74, 6) is 2.40. The Bertz CT molecular complexity index is 520. The molecule has 0 fully saturated rings. The second-order valence-corrected chi connectivity index (χ2v) is 6.33. The van der Waals surface area contributed by atoms with Crippen LogP contribution >= 0.6 is 0 Å². The summed E-state index contributed by atoms with van der Waals surface area (Å²) in [6.45, 7) is 11.7. The molecule has 1 aromatic rings. The van der Waals surface area contributed by atoms with Crippen LogP contribution in [0.25, 0.3) is 0 Å². The summed E-state index contributed by atoms with van der Waals surface area (Å²) < 4.78 is 11.1. The van der Waals surface area contributed by atoms with Gasteiger partial charge in [-0.3, -0.25) is 0 Å². The van der Waals surface area contributed by atoms with Gasteiger partial charge in [-0.2, -0.15) is 0 Å². The van der Waals surface area contributed by atoms with Gasteiger partial charge in [0.1, 0.15) is 17.6 Å². The van der Waals surface area contributed by atoms with E-state index in [9.17, 15) is 0 Å². The third-order valence-corrected chi connectivity index (χ3v) is 3.87. The molecule has 0 heterocycles. The Balaban J connectivity index is 2.49.